The van der Waals surface area contributed by atoms with E-state index in [9.17, 15) is 4.79 Å². The minimum atomic E-state index is -0.0523. The molecule has 108 valence electrons. The van der Waals surface area contributed by atoms with Gasteiger partial charge in [0.1, 0.15) is 0 Å². The monoisotopic (exact) mass is 257 g/mol. The van der Waals surface area contributed by atoms with Crippen LogP contribution in [-0.2, 0) is 9.53 Å². The van der Waals surface area contributed by atoms with Crippen LogP contribution in [0.4, 0.5) is 0 Å². The molecule has 0 aromatic heterocycles. The standard InChI is InChI=1S/C15H31NO2/c1-5-6-7-8-10-14(4)18-15(17)11-9-12-16-13(2)3/h13-14,16H,5-12H2,1-4H3. The van der Waals surface area contributed by atoms with Gasteiger partial charge in [0, 0.05) is 12.5 Å². The highest BCUT2D eigenvalue weighted by atomic mass is 16.5. The van der Waals surface area contributed by atoms with Gasteiger partial charge in [-0.15, -0.1) is 0 Å². The van der Waals surface area contributed by atoms with Crippen LogP contribution in [-0.4, -0.2) is 24.7 Å². The van der Waals surface area contributed by atoms with Gasteiger partial charge in [-0.05, 0) is 32.7 Å². The van der Waals surface area contributed by atoms with E-state index in [1.807, 2.05) is 6.92 Å². The van der Waals surface area contributed by atoms with Crippen molar-refractivity contribution in [2.75, 3.05) is 6.54 Å². The second kappa shape index (κ2) is 11.5. The van der Waals surface area contributed by atoms with E-state index < -0.39 is 0 Å². The van der Waals surface area contributed by atoms with Crippen molar-refractivity contribution in [3.05, 3.63) is 0 Å². The fourth-order valence-corrected chi connectivity index (χ4v) is 1.82. The third kappa shape index (κ3) is 11.9. The molecule has 1 unspecified atom stereocenters. The zero-order valence-corrected chi connectivity index (χ0v) is 12.6. The van der Waals surface area contributed by atoms with Gasteiger partial charge in [-0.3, -0.25) is 4.79 Å². The topological polar surface area (TPSA) is 38.3 Å². The van der Waals surface area contributed by atoms with Gasteiger partial charge < -0.3 is 10.1 Å². The number of nitrogens with one attached hydrogen (secondary N) is 1. The average Bonchev–Trinajstić information content (AvgIpc) is 2.30. The maximum Gasteiger partial charge on any atom is 0.306 e. The summed E-state index contributed by atoms with van der Waals surface area (Å²) in [6.07, 6.45) is 7.40. The highest BCUT2D eigenvalue weighted by Gasteiger charge is 2.08. The smallest absolute Gasteiger partial charge is 0.306 e. The molecule has 3 nitrogen and oxygen atoms in total. The molecule has 0 aromatic carbocycles. The second-order valence-corrected chi connectivity index (χ2v) is 5.36. The Balaban J connectivity index is 3.43. The molecule has 18 heavy (non-hydrogen) atoms. The lowest BCUT2D eigenvalue weighted by Crippen LogP contribution is -2.24. The van der Waals surface area contributed by atoms with Crippen molar-refractivity contribution in [2.24, 2.45) is 0 Å². The largest absolute Gasteiger partial charge is 0.463 e. The van der Waals surface area contributed by atoms with Gasteiger partial charge in [-0.1, -0.05) is 40.0 Å². The molecule has 0 amide bonds. The number of carbonyl (C=O) groups is 1. The highest BCUT2D eigenvalue weighted by molar-refractivity contribution is 5.69. The van der Waals surface area contributed by atoms with Crippen molar-refractivity contribution in [1.82, 2.24) is 5.32 Å². The molecule has 0 aliphatic rings. The summed E-state index contributed by atoms with van der Waals surface area (Å²) >= 11 is 0. The average molecular weight is 257 g/mol. The lowest BCUT2D eigenvalue weighted by Gasteiger charge is -2.13. The molecule has 3 heteroatoms. The summed E-state index contributed by atoms with van der Waals surface area (Å²) < 4.78 is 5.37. The Morgan fingerprint density at radius 2 is 1.83 bits per heavy atom. The van der Waals surface area contributed by atoms with Crippen LogP contribution in [0.3, 0.4) is 0 Å². The van der Waals surface area contributed by atoms with Crippen LogP contribution < -0.4 is 5.32 Å². The Kier molecular flexibility index (Phi) is 11.2. The van der Waals surface area contributed by atoms with Gasteiger partial charge in [0.15, 0.2) is 0 Å². The molecule has 0 spiro atoms. The number of hydrogen-bond donors (Lipinski definition) is 1. The van der Waals surface area contributed by atoms with Crippen LogP contribution >= 0.6 is 0 Å². The van der Waals surface area contributed by atoms with Crippen molar-refractivity contribution >= 4 is 5.97 Å². The van der Waals surface area contributed by atoms with E-state index in [1.165, 1.54) is 19.3 Å². The Morgan fingerprint density at radius 3 is 2.44 bits per heavy atom. The normalized spacial score (nSPS) is 12.7. The number of carbonyl (C=O) groups excluding carboxylic acids is 1. The predicted octanol–water partition coefficient (Wildman–Crippen LogP) is 3.67. The van der Waals surface area contributed by atoms with Gasteiger partial charge in [-0.2, -0.15) is 0 Å². The van der Waals surface area contributed by atoms with Crippen LogP contribution in [0.2, 0.25) is 0 Å². The third-order valence-electron chi connectivity index (χ3n) is 2.91. The highest BCUT2D eigenvalue weighted by Crippen LogP contribution is 2.09. The van der Waals surface area contributed by atoms with Crippen molar-refractivity contribution in [3.8, 4) is 0 Å². The van der Waals surface area contributed by atoms with Gasteiger partial charge in [0.25, 0.3) is 0 Å². The maximum atomic E-state index is 11.5. The summed E-state index contributed by atoms with van der Waals surface area (Å²) in [6, 6.07) is 0.485. The fraction of sp³-hybridized carbons (Fsp3) is 0.933. The molecule has 0 saturated heterocycles. The number of ether oxygens (including phenoxy) is 1. The molecule has 0 aliphatic carbocycles. The van der Waals surface area contributed by atoms with Crippen molar-refractivity contribution < 1.29 is 9.53 Å². The van der Waals surface area contributed by atoms with Gasteiger partial charge in [0.2, 0.25) is 0 Å². The minimum absolute atomic E-state index is 0.0523. The molecular formula is C15H31NO2. The lowest BCUT2D eigenvalue weighted by atomic mass is 10.1. The molecule has 0 bridgehead atoms. The molecule has 0 radical (unpaired) electrons. The quantitative estimate of drug-likeness (QED) is 0.453. The Labute approximate surface area is 113 Å². The third-order valence-corrected chi connectivity index (χ3v) is 2.91. The van der Waals surface area contributed by atoms with E-state index in [2.05, 4.69) is 26.1 Å². The zero-order valence-electron chi connectivity index (χ0n) is 12.6. The molecule has 0 rings (SSSR count). The van der Waals surface area contributed by atoms with Crippen molar-refractivity contribution in [3.63, 3.8) is 0 Å². The van der Waals surface area contributed by atoms with Gasteiger partial charge in [-0.25, -0.2) is 0 Å². The second-order valence-electron chi connectivity index (χ2n) is 5.36. The molecule has 0 saturated carbocycles. The molecular weight excluding hydrogens is 226 g/mol. The SMILES string of the molecule is CCCCCCC(C)OC(=O)CCCNC(C)C. The van der Waals surface area contributed by atoms with Gasteiger partial charge in [0.05, 0.1) is 6.10 Å². The molecule has 0 fully saturated rings. The number of esters is 1. The summed E-state index contributed by atoms with van der Waals surface area (Å²) in [4.78, 5) is 11.5. The van der Waals surface area contributed by atoms with Crippen molar-refractivity contribution in [1.29, 1.82) is 0 Å². The zero-order chi connectivity index (χ0) is 13.8. The first-order valence-electron chi connectivity index (χ1n) is 7.49. The first kappa shape index (κ1) is 17.4. The Bertz CT molecular complexity index is 205. The van der Waals surface area contributed by atoms with E-state index in [1.54, 1.807) is 0 Å². The first-order chi connectivity index (χ1) is 8.56. The van der Waals surface area contributed by atoms with Crippen LogP contribution in [0.25, 0.3) is 0 Å². The first-order valence-corrected chi connectivity index (χ1v) is 7.49. The van der Waals surface area contributed by atoms with E-state index in [0.717, 1.165) is 25.8 Å². The molecule has 1 atom stereocenters. The van der Waals surface area contributed by atoms with E-state index >= 15 is 0 Å². The summed E-state index contributed by atoms with van der Waals surface area (Å²) in [7, 11) is 0. The van der Waals surface area contributed by atoms with Crippen LogP contribution in [0.15, 0.2) is 0 Å². The number of rotatable bonds is 11. The Morgan fingerprint density at radius 1 is 1.11 bits per heavy atom. The predicted molar refractivity (Wildman–Crippen MR) is 76.7 cm³/mol. The number of unbranched alkanes of at least 4 members (excludes halogenated alkanes) is 3. The van der Waals surface area contributed by atoms with E-state index in [4.69, 9.17) is 4.74 Å². The van der Waals surface area contributed by atoms with Crippen molar-refractivity contribution in [2.45, 2.75) is 84.8 Å². The summed E-state index contributed by atoms with van der Waals surface area (Å²) in [6.45, 7) is 9.30. The summed E-state index contributed by atoms with van der Waals surface area (Å²) in [5.74, 6) is -0.0523. The van der Waals surface area contributed by atoms with Gasteiger partial charge >= 0.3 is 5.97 Å². The Hall–Kier alpha value is -0.570. The maximum absolute atomic E-state index is 11.5. The van der Waals surface area contributed by atoms with Crippen LogP contribution in [0.5, 0.6) is 0 Å². The van der Waals surface area contributed by atoms with Crippen LogP contribution in [0.1, 0.15) is 72.6 Å². The van der Waals surface area contributed by atoms with Crippen LogP contribution in [0, 0.1) is 0 Å². The molecule has 0 aliphatic heterocycles. The molecule has 0 heterocycles. The van der Waals surface area contributed by atoms with E-state index in [0.29, 0.717) is 12.5 Å². The summed E-state index contributed by atoms with van der Waals surface area (Å²) in [5, 5.41) is 3.29. The number of hydrogen-bond acceptors (Lipinski definition) is 3. The fourth-order valence-electron chi connectivity index (χ4n) is 1.82. The minimum Gasteiger partial charge on any atom is -0.463 e. The summed E-state index contributed by atoms with van der Waals surface area (Å²) in [5.41, 5.74) is 0. The lowest BCUT2D eigenvalue weighted by molar-refractivity contribution is -0.148. The molecule has 0 aromatic rings. The van der Waals surface area contributed by atoms with E-state index in [-0.39, 0.29) is 12.1 Å². The molecule has 1 N–H and O–H groups in total.